The number of sulfonamides is 1. The minimum atomic E-state index is -3.79. The largest absolute Gasteiger partial charge is 0.466 e. The van der Waals surface area contributed by atoms with E-state index in [1.54, 1.807) is 54.0 Å². The highest BCUT2D eigenvalue weighted by atomic mass is 32.2. The lowest BCUT2D eigenvalue weighted by Gasteiger charge is -2.30. The Morgan fingerprint density at radius 3 is 2.47 bits per heavy atom. The van der Waals surface area contributed by atoms with Crippen LogP contribution in [0.3, 0.4) is 0 Å². The fourth-order valence-corrected chi connectivity index (χ4v) is 6.69. The van der Waals surface area contributed by atoms with Crippen molar-refractivity contribution in [1.29, 1.82) is 0 Å². The Hall–Kier alpha value is -5.56. The van der Waals surface area contributed by atoms with Gasteiger partial charge in [0.15, 0.2) is 12.0 Å². The number of furan rings is 1. The van der Waals surface area contributed by atoms with Crippen molar-refractivity contribution in [2.45, 2.75) is 26.5 Å². The number of carbonyl (C=O) groups excluding carboxylic acids is 2. The maximum atomic E-state index is 15.1. The normalized spacial score (nSPS) is 14.0. The number of Topliss-reactive ketones (excluding diaryl/α,β-unsaturated/α-hetero) is 1. The molecule has 1 amide bonds. The number of hydrogen-bond acceptors (Lipinski definition) is 7. The van der Waals surface area contributed by atoms with Crippen molar-refractivity contribution in [3.05, 3.63) is 90.0 Å². The van der Waals surface area contributed by atoms with Crippen LogP contribution in [0.1, 0.15) is 36.9 Å². The molecule has 4 heterocycles. The van der Waals surface area contributed by atoms with Crippen LogP contribution in [-0.4, -0.2) is 49.5 Å². The van der Waals surface area contributed by atoms with E-state index in [1.807, 2.05) is 0 Å². The number of ketones is 1. The van der Waals surface area contributed by atoms with Gasteiger partial charge in [0.1, 0.15) is 34.4 Å². The molecule has 0 fully saturated rings. The monoisotopic (exact) mass is 684 g/mol. The smallest absolute Gasteiger partial charge is 0.232 e. The Labute approximate surface area is 280 Å². The number of amides is 1. The van der Waals surface area contributed by atoms with Gasteiger partial charge in [-0.15, -0.1) is 0 Å². The Kier molecular flexibility index (Phi) is 7.74. The summed E-state index contributed by atoms with van der Waals surface area (Å²) in [7, 11) is -2.40. The zero-order valence-corrected chi connectivity index (χ0v) is 27.7. The van der Waals surface area contributed by atoms with Crippen LogP contribution < -0.4 is 14.4 Å². The molecule has 1 unspecified atom stereocenters. The van der Waals surface area contributed by atoms with Crippen molar-refractivity contribution in [3.8, 4) is 39.7 Å². The number of rotatable bonds is 8. The molecule has 3 aromatic heterocycles. The molecule has 0 aliphatic carbocycles. The number of nitrogens with zero attached hydrogens (tertiary/aromatic N) is 3. The van der Waals surface area contributed by atoms with Gasteiger partial charge in [-0.05, 0) is 60.7 Å². The van der Waals surface area contributed by atoms with Crippen molar-refractivity contribution in [2.24, 2.45) is 0 Å². The van der Waals surface area contributed by atoms with Crippen LogP contribution in [0.25, 0.3) is 55.8 Å². The molecule has 0 bridgehead atoms. The molecule has 0 saturated carbocycles. The number of anilines is 1. The molecule has 6 aromatic rings. The highest BCUT2D eigenvalue weighted by molar-refractivity contribution is 7.92. The van der Waals surface area contributed by atoms with Gasteiger partial charge in [-0.25, -0.2) is 22.2 Å². The van der Waals surface area contributed by atoms with Crippen molar-refractivity contribution in [3.63, 3.8) is 0 Å². The van der Waals surface area contributed by atoms with Gasteiger partial charge in [-0.2, -0.15) is 0 Å². The number of pyridine rings is 1. The van der Waals surface area contributed by atoms with Crippen LogP contribution in [-0.2, 0) is 14.8 Å². The van der Waals surface area contributed by atoms with Gasteiger partial charge in [0.2, 0.25) is 15.9 Å². The first-order valence-electron chi connectivity index (χ1n) is 15.4. The molecule has 3 aromatic carbocycles. The minimum absolute atomic E-state index is 0.106. The summed E-state index contributed by atoms with van der Waals surface area (Å²) >= 11 is 0. The van der Waals surface area contributed by atoms with Gasteiger partial charge in [-0.1, -0.05) is 13.0 Å². The molecule has 49 heavy (non-hydrogen) atoms. The predicted octanol–water partition coefficient (Wildman–Crippen LogP) is 7.08. The summed E-state index contributed by atoms with van der Waals surface area (Å²) in [4.78, 5) is 30.2. The molecular formula is C36H30F2N4O6S. The molecule has 13 heteroatoms. The Morgan fingerprint density at radius 1 is 1.02 bits per heavy atom. The van der Waals surface area contributed by atoms with Gasteiger partial charge in [0.05, 0.1) is 41.0 Å². The third-order valence-electron chi connectivity index (χ3n) is 8.63. The van der Waals surface area contributed by atoms with Crippen LogP contribution in [0, 0.1) is 11.6 Å². The molecule has 0 spiro atoms. The van der Waals surface area contributed by atoms with E-state index in [-0.39, 0.29) is 47.3 Å². The average Bonchev–Trinajstić information content (AvgIpc) is 3.66. The standard InChI is InChI=1S/C36H30F2N4O6S/c1-5-30(44)34-24-15-23(28(41(3)49(4,45)46)17-32(24)48-36(34)20-9-11-21(37)12-10-20)26-13-14-31-35(40-26)29-16-22-25(38)7-6-8-27(22)42(29)33(47-31)18-39-19(2)43/h6-17,33H,5,18H2,1-4H3,(H,39,43). The van der Waals surface area contributed by atoms with E-state index in [9.17, 15) is 22.4 Å². The van der Waals surface area contributed by atoms with E-state index in [0.29, 0.717) is 50.2 Å². The second-order valence-corrected chi connectivity index (χ2v) is 13.8. The second-order valence-electron chi connectivity index (χ2n) is 11.8. The van der Waals surface area contributed by atoms with E-state index in [1.165, 1.54) is 44.3 Å². The van der Waals surface area contributed by atoms with E-state index < -0.39 is 27.9 Å². The van der Waals surface area contributed by atoms with Crippen molar-refractivity contribution >= 4 is 49.3 Å². The van der Waals surface area contributed by atoms with Crippen molar-refractivity contribution in [2.75, 3.05) is 24.2 Å². The van der Waals surface area contributed by atoms with E-state index >= 15 is 4.39 Å². The Bertz CT molecular complexity index is 2440. The van der Waals surface area contributed by atoms with Gasteiger partial charge in [-0.3, -0.25) is 13.9 Å². The summed E-state index contributed by atoms with van der Waals surface area (Å²) in [5.41, 5.74) is 3.37. The third-order valence-corrected chi connectivity index (χ3v) is 9.82. The summed E-state index contributed by atoms with van der Waals surface area (Å²) in [6.45, 7) is 3.21. The van der Waals surface area contributed by atoms with E-state index in [0.717, 1.165) is 10.6 Å². The van der Waals surface area contributed by atoms with Gasteiger partial charge < -0.3 is 19.0 Å². The van der Waals surface area contributed by atoms with Crippen molar-refractivity contribution < 1.29 is 35.9 Å². The zero-order chi connectivity index (χ0) is 34.8. The molecule has 7 rings (SSSR count). The number of carbonyl (C=O) groups is 2. The quantitative estimate of drug-likeness (QED) is 0.170. The SMILES string of the molecule is CCC(=O)c1c(-c2ccc(F)cc2)oc2cc(N(C)S(C)(=O)=O)c(-c3ccc4c(n3)-c3cc5c(F)cccc5n3C(CNC(C)=O)O4)cc12. The number of fused-ring (bicyclic) bond motifs is 6. The van der Waals surface area contributed by atoms with Gasteiger partial charge in [0, 0.05) is 48.4 Å². The highest BCUT2D eigenvalue weighted by Crippen LogP contribution is 2.45. The maximum Gasteiger partial charge on any atom is 0.232 e. The summed E-state index contributed by atoms with van der Waals surface area (Å²) in [5.74, 6) is -0.770. The number of ether oxygens (including phenoxy) is 1. The number of halogens is 2. The van der Waals surface area contributed by atoms with Crippen LogP contribution in [0.2, 0.25) is 0 Å². The van der Waals surface area contributed by atoms with Gasteiger partial charge in [0.25, 0.3) is 0 Å². The molecule has 0 radical (unpaired) electrons. The minimum Gasteiger partial charge on any atom is -0.466 e. The fourth-order valence-electron chi connectivity index (χ4n) is 6.18. The number of hydrogen-bond donors (Lipinski definition) is 1. The molecule has 1 N–H and O–H groups in total. The first kappa shape index (κ1) is 32.0. The van der Waals surface area contributed by atoms with Crippen molar-refractivity contribution in [1.82, 2.24) is 14.9 Å². The second kappa shape index (κ2) is 11.8. The first-order valence-corrected chi connectivity index (χ1v) is 17.3. The van der Waals surface area contributed by atoms with Crippen LogP contribution >= 0.6 is 0 Å². The molecule has 1 atom stereocenters. The maximum absolute atomic E-state index is 15.1. The molecular weight excluding hydrogens is 654 g/mol. The van der Waals surface area contributed by atoms with E-state index in [2.05, 4.69) is 5.32 Å². The van der Waals surface area contributed by atoms with E-state index in [4.69, 9.17) is 14.1 Å². The molecule has 0 saturated heterocycles. The third kappa shape index (κ3) is 5.49. The molecule has 1 aliphatic rings. The van der Waals surface area contributed by atoms with Gasteiger partial charge >= 0.3 is 0 Å². The highest BCUT2D eigenvalue weighted by Gasteiger charge is 2.31. The number of nitrogens with one attached hydrogen (secondary N) is 1. The predicted molar refractivity (Wildman–Crippen MR) is 182 cm³/mol. The lowest BCUT2D eigenvalue weighted by molar-refractivity contribution is -0.119. The van der Waals surface area contributed by atoms with Crippen LogP contribution in [0.5, 0.6) is 5.75 Å². The lowest BCUT2D eigenvalue weighted by Crippen LogP contribution is -2.34. The molecule has 10 nitrogen and oxygen atoms in total. The average molecular weight is 685 g/mol. The summed E-state index contributed by atoms with van der Waals surface area (Å²) in [5, 5.41) is 3.52. The summed E-state index contributed by atoms with van der Waals surface area (Å²) in [6, 6.07) is 18.5. The summed E-state index contributed by atoms with van der Waals surface area (Å²) in [6.07, 6.45) is 0.508. The topological polar surface area (TPSA) is 124 Å². The molecule has 250 valence electrons. The zero-order valence-electron chi connectivity index (χ0n) is 26.9. The number of aromatic nitrogens is 2. The summed E-state index contributed by atoms with van der Waals surface area (Å²) < 4.78 is 70.0. The first-order chi connectivity index (χ1) is 23.3. The van der Waals surface area contributed by atoms with Crippen LogP contribution in [0.4, 0.5) is 14.5 Å². The van der Waals surface area contributed by atoms with Crippen LogP contribution in [0.15, 0.2) is 77.2 Å². The number of benzene rings is 3. The Morgan fingerprint density at radius 2 is 1.78 bits per heavy atom. The lowest BCUT2D eigenvalue weighted by atomic mass is 9.97. The fraction of sp³-hybridized carbons (Fsp3) is 0.194. The molecule has 1 aliphatic heterocycles. The Balaban J connectivity index is 1.47.